The third-order valence-electron chi connectivity index (χ3n) is 6.65. The molecule has 2 heterocycles. The fraction of sp³-hybridized carbons (Fsp3) is 0.276. The first kappa shape index (κ1) is 25.0. The number of carbonyl (C=O) groups excluding carboxylic acids is 1. The standard InChI is InChI=1S/C29H32N4O3S/c1-2-18-37(35,36)32-24-14-15-26-25(19-24)27(29(34)31-26)28(22-8-4-3-5-9-22)30-23-12-10-21(11-13-23)20-33-16-6-7-17-33/h3-5,8-15,19,30,32H,2,6-7,16-18,20H2,1H3,(H,31,34)/b28-27-. The van der Waals surface area contributed by atoms with E-state index < -0.39 is 10.0 Å². The van der Waals surface area contributed by atoms with Crippen LogP contribution in [-0.2, 0) is 21.4 Å². The summed E-state index contributed by atoms with van der Waals surface area (Å²) in [6.45, 7) is 5.06. The number of benzene rings is 3. The number of amides is 1. The summed E-state index contributed by atoms with van der Waals surface area (Å²) < 4.78 is 27.4. The van der Waals surface area contributed by atoms with Gasteiger partial charge < -0.3 is 10.6 Å². The zero-order valence-electron chi connectivity index (χ0n) is 21.0. The van der Waals surface area contributed by atoms with Gasteiger partial charge in [-0.15, -0.1) is 0 Å². The molecule has 0 unspecified atom stereocenters. The third-order valence-corrected chi connectivity index (χ3v) is 8.14. The second-order valence-corrected chi connectivity index (χ2v) is 11.4. The van der Waals surface area contributed by atoms with Crippen LogP contribution in [0.2, 0.25) is 0 Å². The molecule has 3 N–H and O–H groups in total. The van der Waals surface area contributed by atoms with Gasteiger partial charge in [0.2, 0.25) is 10.0 Å². The normalized spacial score (nSPS) is 16.8. The molecule has 0 radical (unpaired) electrons. The van der Waals surface area contributed by atoms with Gasteiger partial charge in [-0.1, -0.05) is 49.4 Å². The van der Waals surface area contributed by atoms with E-state index in [0.717, 1.165) is 30.9 Å². The van der Waals surface area contributed by atoms with Crippen molar-refractivity contribution in [2.75, 3.05) is 34.2 Å². The minimum Gasteiger partial charge on any atom is -0.354 e. The number of anilines is 3. The van der Waals surface area contributed by atoms with Crippen molar-refractivity contribution in [3.8, 4) is 0 Å². The second kappa shape index (κ2) is 10.8. The highest BCUT2D eigenvalue weighted by atomic mass is 32.2. The molecule has 2 aliphatic heterocycles. The maximum absolute atomic E-state index is 13.2. The molecule has 2 aliphatic rings. The lowest BCUT2D eigenvalue weighted by molar-refractivity contribution is -0.110. The van der Waals surface area contributed by atoms with Crippen LogP contribution in [0.3, 0.4) is 0 Å². The molecule has 8 heteroatoms. The monoisotopic (exact) mass is 516 g/mol. The van der Waals surface area contributed by atoms with Gasteiger partial charge in [-0.2, -0.15) is 0 Å². The molecular weight excluding hydrogens is 484 g/mol. The summed E-state index contributed by atoms with van der Waals surface area (Å²) in [6, 6.07) is 23.2. The Bertz CT molecular complexity index is 1410. The Morgan fingerprint density at radius 1 is 0.946 bits per heavy atom. The molecule has 37 heavy (non-hydrogen) atoms. The van der Waals surface area contributed by atoms with Crippen LogP contribution in [0.1, 0.15) is 42.9 Å². The molecule has 0 saturated carbocycles. The van der Waals surface area contributed by atoms with E-state index >= 15 is 0 Å². The minimum absolute atomic E-state index is 0.0362. The summed E-state index contributed by atoms with van der Waals surface area (Å²) in [4.78, 5) is 15.7. The van der Waals surface area contributed by atoms with Crippen LogP contribution in [0.15, 0.2) is 72.8 Å². The summed E-state index contributed by atoms with van der Waals surface area (Å²) in [5.74, 6) is -0.199. The Labute approximate surface area is 218 Å². The maximum atomic E-state index is 13.2. The fourth-order valence-corrected chi connectivity index (χ4v) is 6.02. The highest BCUT2D eigenvalue weighted by Gasteiger charge is 2.29. The van der Waals surface area contributed by atoms with Gasteiger partial charge >= 0.3 is 0 Å². The van der Waals surface area contributed by atoms with Gasteiger partial charge in [0.25, 0.3) is 5.91 Å². The molecule has 0 spiro atoms. The van der Waals surface area contributed by atoms with E-state index in [1.165, 1.54) is 18.4 Å². The largest absolute Gasteiger partial charge is 0.354 e. The van der Waals surface area contributed by atoms with Crippen molar-refractivity contribution in [1.29, 1.82) is 0 Å². The van der Waals surface area contributed by atoms with Gasteiger partial charge in [-0.3, -0.25) is 14.4 Å². The number of fused-ring (bicyclic) bond motifs is 1. The molecular formula is C29H32N4O3S. The Morgan fingerprint density at radius 2 is 1.65 bits per heavy atom. The summed E-state index contributed by atoms with van der Waals surface area (Å²) in [5.41, 5.74) is 5.86. The van der Waals surface area contributed by atoms with Gasteiger partial charge in [-0.25, -0.2) is 8.42 Å². The van der Waals surface area contributed by atoms with Crippen LogP contribution in [0.25, 0.3) is 11.3 Å². The minimum atomic E-state index is -3.46. The molecule has 0 bridgehead atoms. The van der Waals surface area contributed by atoms with E-state index in [-0.39, 0.29) is 11.7 Å². The van der Waals surface area contributed by atoms with E-state index in [2.05, 4.69) is 32.4 Å². The fourth-order valence-electron chi connectivity index (χ4n) is 4.90. The summed E-state index contributed by atoms with van der Waals surface area (Å²) >= 11 is 0. The number of rotatable bonds is 9. The van der Waals surface area contributed by atoms with Gasteiger partial charge in [0.15, 0.2) is 0 Å². The van der Waals surface area contributed by atoms with Crippen molar-refractivity contribution < 1.29 is 13.2 Å². The van der Waals surface area contributed by atoms with Crippen LogP contribution >= 0.6 is 0 Å². The molecule has 0 aromatic heterocycles. The van der Waals surface area contributed by atoms with E-state index in [9.17, 15) is 13.2 Å². The maximum Gasteiger partial charge on any atom is 0.258 e. The number of nitrogens with one attached hydrogen (secondary N) is 3. The van der Waals surface area contributed by atoms with Crippen molar-refractivity contribution >= 4 is 44.3 Å². The molecule has 1 amide bonds. The van der Waals surface area contributed by atoms with Crippen molar-refractivity contribution in [1.82, 2.24) is 4.90 Å². The van der Waals surface area contributed by atoms with Gasteiger partial charge in [0.1, 0.15) is 0 Å². The molecule has 5 rings (SSSR count). The smallest absolute Gasteiger partial charge is 0.258 e. The van der Waals surface area contributed by atoms with E-state index in [1.54, 1.807) is 18.2 Å². The first-order valence-corrected chi connectivity index (χ1v) is 14.4. The summed E-state index contributed by atoms with van der Waals surface area (Å²) in [7, 11) is -3.46. The van der Waals surface area contributed by atoms with Gasteiger partial charge in [0.05, 0.1) is 17.0 Å². The van der Waals surface area contributed by atoms with Crippen LogP contribution in [0, 0.1) is 0 Å². The Hall–Kier alpha value is -3.62. The van der Waals surface area contributed by atoms with E-state index in [0.29, 0.717) is 34.6 Å². The predicted octanol–water partition coefficient (Wildman–Crippen LogP) is 5.37. The molecule has 192 valence electrons. The highest BCUT2D eigenvalue weighted by molar-refractivity contribution is 7.92. The quantitative estimate of drug-likeness (QED) is 0.333. The van der Waals surface area contributed by atoms with Crippen LogP contribution in [-0.4, -0.2) is 38.1 Å². The predicted molar refractivity (Wildman–Crippen MR) is 151 cm³/mol. The molecule has 0 atom stereocenters. The van der Waals surface area contributed by atoms with Crippen LogP contribution in [0.4, 0.5) is 17.1 Å². The average molecular weight is 517 g/mol. The second-order valence-electron chi connectivity index (χ2n) is 9.56. The number of hydrogen-bond donors (Lipinski definition) is 3. The lowest BCUT2D eigenvalue weighted by atomic mass is 9.99. The number of hydrogen-bond acceptors (Lipinski definition) is 5. The first-order valence-electron chi connectivity index (χ1n) is 12.8. The number of nitrogens with zero attached hydrogens (tertiary/aromatic N) is 1. The van der Waals surface area contributed by atoms with Crippen molar-refractivity contribution in [2.45, 2.75) is 32.7 Å². The molecule has 7 nitrogen and oxygen atoms in total. The third kappa shape index (κ3) is 5.87. The Balaban J connectivity index is 1.50. The lowest BCUT2D eigenvalue weighted by Gasteiger charge is -2.17. The van der Waals surface area contributed by atoms with Crippen molar-refractivity contribution in [3.63, 3.8) is 0 Å². The number of carbonyl (C=O) groups is 1. The van der Waals surface area contributed by atoms with E-state index in [4.69, 9.17) is 0 Å². The van der Waals surface area contributed by atoms with Gasteiger partial charge in [0, 0.05) is 29.2 Å². The van der Waals surface area contributed by atoms with Gasteiger partial charge in [-0.05, 0) is 73.8 Å². The van der Waals surface area contributed by atoms with Crippen LogP contribution < -0.4 is 15.4 Å². The lowest BCUT2D eigenvalue weighted by Crippen LogP contribution is -2.18. The Kier molecular flexibility index (Phi) is 7.30. The molecule has 3 aromatic carbocycles. The number of likely N-dealkylation sites (tertiary alicyclic amines) is 1. The van der Waals surface area contributed by atoms with Crippen LogP contribution in [0.5, 0.6) is 0 Å². The molecule has 0 aliphatic carbocycles. The van der Waals surface area contributed by atoms with Crippen molar-refractivity contribution in [3.05, 3.63) is 89.5 Å². The molecule has 1 saturated heterocycles. The molecule has 1 fully saturated rings. The summed E-state index contributed by atoms with van der Waals surface area (Å²) in [6.07, 6.45) is 3.04. The number of sulfonamides is 1. The zero-order valence-corrected chi connectivity index (χ0v) is 21.8. The highest BCUT2D eigenvalue weighted by Crippen LogP contribution is 2.39. The zero-order chi connectivity index (χ0) is 25.8. The van der Waals surface area contributed by atoms with E-state index in [1.807, 2.05) is 49.4 Å². The average Bonchev–Trinajstić information content (AvgIpc) is 3.50. The first-order chi connectivity index (χ1) is 17.9. The van der Waals surface area contributed by atoms with Crippen molar-refractivity contribution in [2.24, 2.45) is 0 Å². The topological polar surface area (TPSA) is 90.5 Å². The Morgan fingerprint density at radius 3 is 2.35 bits per heavy atom. The molecule has 3 aromatic rings. The summed E-state index contributed by atoms with van der Waals surface area (Å²) in [5, 5.41) is 6.41. The SMILES string of the molecule is CCCS(=O)(=O)Nc1ccc2c(c1)/C(=C(/Nc1ccc(CN3CCCC3)cc1)c1ccccc1)C(=O)N2.